The van der Waals surface area contributed by atoms with Gasteiger partial charge in [-0.2, -0.15) is 0 Å². The Bertz CT molecular complexity index is 934. The molecule has 28 heavy (non-hydrogen) atoms. The lowest BCUT2D eigenvalue weighted by molar-refractivity contribution is 0.0766. The van der Waals surface area contributed by atoms with Crippen LogP contribution in [0.5, 0.6) is 0 Å². The average molecular weight is 383 g/mol. The van der Waals surface area contributed by atoms with Crippen LogP contribution in [0.25, 0.3) is 11.1 Å². The number of hydrogen-bond donors (Lipinski definition) is 0. The van der Waals surface area contributed by atoms with E-state index in [1.165, 1.54) is 12.1 Å². The van der Waals surface area contributed by atoms with E-state index in [9.17, 15) is 13.6 Å². The maximum absolute atomic E-state index is 14.7. The van der Waals surface area contributed by atoms with Crippen LogP contribution in [0, 0.1) is 11.6 Å². The van der Waals surface area contributed by atoms with Gasteiger partial charge >= 0.3 is 0 Å². The molecule has 2 aromatic rings. The summed E-state index contributed by atoms with van der Waals surface area (Å²) in [6.07, 6.45) is 2.13. The molecular formula is C22H23F2N3O. The molecule has 4 nitrogen and oxygen atoms in total. The van der Waals surface area contributed by atoms with Crippen LogP contribution in [0.3, 0.4) is 0 Å². The standard InChI is InChI=1S/C22H23F2N3O/c1-25-6-7-26(13-25)12-19-20(23)9-15(10-21(19)24)14-2-5-18-16(8-14)11-27(22(18)28)17-3-4-17/h2,5,8-10,17H,3-4,6-7,11-13H2,1H3. The first-order chi connectivity index (χ1) is 13.5. The topological polar surface area (TPSA) is 26.8 Å². The maximum atomic E-state index is 14.7. The molecule has 2 aromatic carbocycles. The van der Waals surface area contributed by atoms with Crippen LogP contribution < -0.4 is 0 Å². The summed E-state index contributed by atoms with van der Waals surface area (Å²) in [5.41, 5.74) is 3.04. The van der Waals surface area contributed by atoms with Gasteiger partial charge in [-0.3, -0.25) is 14.6 Å². The molecule has 0 bridgehead atoms. The summed E-state index contributed by atoms with van der Waals surface area (Å²) in [4.78, 5) is 18.5. The molecule has 3 aliphatic rings. The smallest absolute Gasteiger partial charge is 0.254 e. The molecular weight excluding hydrogens is 360 g/mol. The molecule has 1 saturated carbocycles. The molecule has 1 amide bonds. The molecule has 1 saturated heterocycles. The van der Waals surface area contributed by atoms with Crippen LogP contribution >= 0.6 is 0 Å². The summed E-state index contributed by atoms with van der Waals surface area (Å²) < 4.78 is 29.4. The van der Waals surface area contributed by atoms with Crippen LogP contribution in [-0.4, -0.2) is 53.5 Å². The lowest BCUT2D eigenvalue weighted by atomic mass is 9.98. The van der Waals surface area contributed by atoms with Crippen LogP contribution in [0.15, 0.2) is 30.3 Å². The number of carbonyl (C=O) groups is 1. The quantitative estimate of drug-likeness (QED) is 0.809. The number of amides is 1. The maximum Gasteiger partial charge on any atom is 0.254 e. The second-order valence-electron chi connectivity index (χ2n) is 8.23. The Morgan fingerprint density at radius 1 is 1.04 bits per heavy atom. The minimum Gasteiger partial charge on any atom is -0.331 e. The van der Waals surface area contributed by atoms with E-state index in [-0.39, 0.29) is 18.0 Å². The fraction of sp³-hybridized carbons (Fsp3) is 0.409. The number of carbonyl (C=O) groups excluding carboxylic acids is 1. The highest BCUT2D eigenvalue weighted by atomic mass is 19.1. The Balaban J connectivity index is 1.41. The Labute approximate surface area is 163 Å². The zero-order chi connectivity index (χ0) is 19.4. The average Bonchev–Trinajstić information content (AvgIpc) is 3.35. The summed E-state index contributed by atoms with van der Waals surface area (Å²) in [5, 5.41) is 0. The van der Waals surface area contributed by atoms with E-state index in [1.54, 1.807) is 12.1 Å². The zero-order valence-electron chi connectivity index (χ0n) is 15.9. The molecule has 0 N–H and O–H groups in total. The monoisotopic (exact) mass is 383 g/mol. The van der Waals surface area contributed by atoms with Crippen LogP contribution in [0.4, 0.5) is 8.78 Å². The van der Waals surface area contributed by atoms with E-state index in [1.807, 2.05) is 22.9 Å². The highest BCUT2D eigenvalue weighted by molar-refractivity contribution is 5.99. The summed E-state index contributed by atoms with van der Waals surface area (Å²) in [7, 11) is 2.00. The summed E-state index contributed by atoms with van der Waals surface area (Å²) in [6, 6.07) is 8.67. The fourth-order valence-corrected chi connectivity index (χ4v) is 4.27. The molecule has 5 rings (SSSR count). The van der Waals surface area contributed by atoms with Gasteiger partial charge in [0.1, 0.15) is 11.6 Å². The SMILES string of the molecule is CN1CCN(Cc2c(F)cc(-c3ccc4c(c3)CN(C3CC3)C4=O)cc2F)C1. The number of fused-ring (bicyclic) bond motifs is 1. The van der Waals surface area contributed by atoms with Crippen molar-refractivity contribution < 1.29 is 13.6 Å². The normalized spacial score (nSPS) is 20.2. The third-order valence-electron chi connectivity index (χ3n) is 6.02. The highest BCUT2D eigenvalue weighted by Gasteiger charge is 2.38. The molecule has 0 atom stereocenters. The van der Waals surface area contributed by atoms with E-state index in [0.717, 1.165) is 43.7 Å². The van der Waals surface area contributed by atoms with Crippen molar-refractivity contribution in [3.8, 4) is 11.1 Å². The Kier molecular flexibility index (Phi) is 4.21. The highest BCUT2D eigenvalue weighted by Crippen LogP contribution is 2.36. The van der Waals surface area contributed by atoms with Gasteiger partial charge in [-0.15, -0.1) is 0 Å². The van der Waals surface area contributed by atoms with Crippen molar-refractivity contribution in [3.63, 3.8) is 0 Å². The molecule has 0 spiro atoms. The summed E-state index contributed by atoms with van der Waals surface area (Å²) in [5.74, 6) is -0.950. The van der Waals surface area contributed by atoms with Crippen molar-refractivity contribution in [2.75, 3.05) is 26.8 Å². The van der Waals surface area contributed by atoms with Crippen molar-refractivity contribution in [2.24, 2.45) is 0 Å². The molecule has 6 heteroatoms. The van der Waals surface area contributed by atoms with Gasteiger partial charge in [-0.05, 0) is 60.8 Å². The van der Waals surface area contributed by atoms with Crippen molar-refractivity contribution in [1.82, 2.24) is 14.7 Å². The van der Waals surface area contributed by atoms with Gasteiger partial charge in [0.25, 0.3) is 5.91 Å². The fourth-order valence-electron chi connectivity index (χ4n) is 4.27. The zero-order valence-corrected chi connectivity index (χ0v) is 15.9. The molecule has 0 aromatic heterocycles. The van der Waals surface area contributed by atoms with Gasteiger partial charge in [0.05, 0.1) is 6.67 Å². The van der Waals surface area contributed by atoms with Crippen molar-refractivity contribution in [1.29, 1.82) is 0 Å². The first-order valence-electron chi connectivity index (χ1n) is 9.82. The number of rotatable bonds is 4. The molecule has 2 fully saturated rings. The van der Waals surface area contributed by atoms with Gasteiger partial charge in [-0.25, -0.2) is 8.78 Å². The van der Waals surface area contributed by atoms with Gasteiger partial charge in [-0.1, -0.05) is 6.07 Å². The molecule has 146 valence electrons. The second-order valence-corrected chi connectivity index (χ2v) is 8.23. The third-order valence-corrected chi connectivity index (χ3v) is 6.02. The summed E-state index contributed by atoms with van der Waals surface area (Å²) >= 11 is 0. The number of benzene rings is 2. The van der Waals surface area contributed by atoms with E-state index < -0.39 is 11.6 Å². The van der Waals surface area contributed by atoms with Crippen LogP contribution in [0.2, 0.25) is 0 Å². The molecule has 1 aliphatic carbocycles. The third kappa shape index (κ3) is 3.10. The van der Waals surface area contributed by atoms with Crippen molar-refractivity contribution in [2.45, 2.75) is 32.0 Å². The minimum absolute atomic E-state index is 0.0762. The second kappa shape index (κ2) is 6.64. The van der Waals surface area contributed by atoms with Gasteiger partial charge in [0, 0.05) is 43.3 Å². The van der Waals surface area contributed by atoms with E-state index in [2.05, 4.69) is 4.90 Å². The van der Waals surface area contributed by atoms with Crippen molar-refractivity contribution in [3.05, 3.63) is 58.7 Å². The van der Waals surface area contributed by atoms with Crippen molar-refractivity contribution >= 4 is 5.91 Å². The van der Waals surface area contributed by atoms with Crippen LogP contribution in [-0.2, 0) is 13.1 Å². The number of nitrogens with zero attached hydrogens (tertiary/aromatic N) is 3. The Morgan fingerprint density at radius 2 is 1.79 bits per heavy atom. The number of hydrogen-bond acceptors (Lipinski definition) is 3. The first-order valence-corrected chi connectivity index (χ1v) is 9.82. The van der Waals surface area contributed by atoms with Crippen LogP contribution in [0.1, 0.15) is 34.3 Å². The lowest BCUT2D eigenvalue weighted by Gasteiger charge is -2.17. The summed E-state index contributed by atoms with van der Waals surface area (Å²) in [6.45, 7) is 3.31. The predicted molar refractivity (Wildman–Crippen MR) is 103 cm³/mol. The lowest BCUT2D eigenvalue weighted by Crippen LogP contribution is -2.25. The molecule has 0 unspecified atom stereocenters. The predicted octanol–water partition coefficient (Wildman–Crippen LogP) is 3.45. The van der Waals surface area contributed by atoms with E-state index >= 15 is 0 Å². The largest absolute Gasteiger partial charge is 0.331 e. The minimum atomic E-state index is -0.513. The van der Waals surface area contributed by atoms with Gasteiger partial charge < -0.3 is 4.90 Å². The molecule has 2 aliphatic heterocycles. The molecule has 2 heterocycles. The number of halogens is 2. The Morgan fingerprint density at radius 3 is 2.43 bits per heavy atom. The Hall–Kier alpha value is -2.31. The van der Waals surface area contributed by atoms with E-state index in [0.29, 0.717) is 23.7 Å². The van der Waals surface area contributed by atoms with Gasteiger partial charge in [0.2, 0.25) is 0 Å². The van der Waals surface area contributed by atoms with Gasteiger partial charge in [0.15, 0.2) is 0 Å². The molecule has 0 radical (unpaired) electrons. The van der Waals surface area contributed by atoms with E-state index in [4.69, 9.17) is 0 Å². The first kappa shape index (κ1) is 17.8. The number of likely N-dealkylation sites (N-methyl/N-ethyl adjacent to an activating group) is 1.